The second kappa shape index (κ2) is 7.31. The number of rotatable bonds is 5. The van der Waals surface area contributed by atoms with Crippen molar-refractivity contribution in [2.24, 2.45) is 0 Å². The fraction of sp³-hybridized carbons (Fsp3) is 0.211. The Bertz CT molecular complexity index is 920. The van der Waals surface area contributed by atoms with Crippen molar-refractivity contribution in [3.63, 3.8) is 0 Å². The van der Waals surface area contributed by atoms with Gasteiger partial charge < -0.3 is 9.84 Å². The lowest BCUT2D eigenvalue weighted by molar-refractivity contribution is -0.133. The van der Waals surface area contributed by atoms with Crippen LogP contribution in [-0.4, -0.2) is 37.5 Å². The predicted molar refractivity (Wildman–Crippen MR) is 96.4 cm³/mol. The van der Waals surface area contributed by atoms with Crippen LogP contribution in [-0.2, 0) is 14.8 Å². The van der Waals surface area contributed by atoms with E-state index in [-0.39, 0.29) is 17.0 Å². The van der Waals surface area contributed by atoms with Gasteiger partial charge >= 0.3 is 5.97 Å². The van der Waals surface area contributed by atoms with Gasteiger partial charge in [0.05, 0.1) is 18.0 Å². The van der Waals surface area contributed by atoms with Crippen molar-refractivity contribution in [1.82, 2.24) is 4.31 Å². The van der Waals surface area contributed by atoms with E-state index in [2.05, 4.69) is 0 Å². The zero-order valence-corrected chi connectivity index (χ0v) is 15.0. The molecule has 1 unspecified atom stereocenters. The lowest BCUT2D eigenvalue weighted by Gasteiger charge is -2.34. The van der Waals surface area contributed by atoms with Crippen LogP contribution in [0.1, 0.15) is 18.0 Å². The maximum absolute atomic E-state index is 13.1. The summed E-state index contributed by atoms with van der Waals surface area (Å²) < 4.78 is 32.7. The lowest BCUT2D eigenvalue weighted by Crippen LogP contribution is -2.39. The first kappa shape index (κ1) is 18.2. The molecule has 6 nitrogen and oxygen atoms in total. The van der Waals surface area contributed by atoms with Crippen molar-refractivity contribution in [2.75, 3.05) is 13.7 Å². The van der Waals surface area contributed by atoms with Crippen LogP contribution < -0.4 is 4.74 Å². The number of hydrogen-bond acceptors (Lipinski definition) is 4. The van der Waals surface area contributed by atoms with Crippen LogP contribution in [0.5, 0.6) is 5.75 Å². The summed E-state index contributed by atoms with van der Waals surface area (Å²) in [5, 5.41) is 9.31. The van der Waals surface area contributed by atoms with Crippen molar-refractivity contribution in [1.29, 1.82) is 0 Å². The highest BCUT2D eigenvalue weighted by molar-refractivity contribution is 7.89. The Morgan fingerprint density at radius 3 is 2.35 bits per heavy atom. The summed E-state index contributed by atoms with van der Waals surface area (Å²) in [4.78, 5) is 11.5. The molecule has 2 aromatic rings. The number of nitrogens with zero attached hydrogens (tertiary/aromatic N) is 1. The van der Waals surface area contributed by atoms with Crippen LogP contribution in [0.2, 0.25) is 0 Å². The highest BCUT2D eigenvalue weighted by Gasteiger charge is 2.36. The van der Waals surface area contributed by atoms with Crippen LogP contribution in [0.4, 0.5) is 0 Å². The number of carboxylic acid groups (broad SMARTS) is 1. The quantitative estimate of drug-likeness (QED) is 0.871. The fourth-order valence-corrected chi connectivity index (χ4v) is 4.60. The van der Waals surface area contributed by atoms with Crippen molar-refractivity contribution in [3.05, 3.63) is 71.8 Å². The second-order valence-electron chi connectivity index (χ2n) is 5.92. The van der Waals surface area contributed by atoms with Gasteiger partial charge in [0.1, 0.15) is 5.75 Å². The number of carboxylic acids is 1. The van der Waals surface area contributed by atoms with E-state index in [4.69, 9.17) is 4.74 Å². The number of ether oxygens (including phenoxy) is 1. The van der Waals surface area contributed by atoms with Crippen molar-refractivity contribution < 1.29 is 23.1 Å². The maximum atomic E-state index is 13.1. The monoisotopic (exact) mass is 373 g/mol. The summed E-state index contributed by atoms with van der Waals surface area (Å²) in [6.07, 6.45) is 1.88. The molecule has 136 valence electrons. The van der Waals surface area contributed by atoms with E-state index in [0.29, 0.717) is 12.2 Å². The molecule has 0 aromatic heterocycles. The van der Waals surface area contributed by atoms with E-state index in [1.54, 1.807) is 55.7 Å². The number of carbonyl (C=O) groups is 1. The minimum absolute atomic E-state index is 0.0780. The Morgan fingerprint density at radius 1 is 1.12 bits per heavy atom. The Balaban J connectivity index is 2.04. The summed E-state index contributed by atoms with van der Waals surface area (Å²) in [6, 6.07) is 14.7. The minimum Gasteiger partial charge on any atom is -0.497 e. The molecule has 1 heterocycles. The van der Waals surface area contributed by atoms with Crippen LogP contribution >= 0.6 is 0 Å². The van der Waals surface area contributed by atoms with Crippen molar-refractivity contribution in [2.45, 2.75) is 17.4 Å². The average molecular weight is 373 g/mol. The molecule has 0 saturated carbocycles. The van der Waals surface area contributed by atoms with Gasteiger partial charge in [-0.3, -0.25) is 0 Å². The molecule has 0 saturated heterocycles. The number of aliphatic carboxylic acids is 1. The highest BCUT2D eigenvalue weighted by atomic mass is 32.2. The molecule has 26 heavy (non-hydrogen) atoms. The molecule has 0 aliphatic carbocycles. The molecule has 0 spiro atoms. The van der Waals surface area contributed by atoms with Gasteiger partial charge in [0.2, 0.25) is 10.0 Å². The first-order valence-corrected chi connectivity index (χ1v) is 9.50. The second-order valence-corrected chi connectivity index (χ2v) is 7.81. The predicted octanol–water partition coefficient (Wildman–Crippen LogP) is 2.84. The fourth-order valence-electron chi connectivity index (χ4n) is 2.98. The molecule has 0 radical (unpaired) electrons. The number of hydrogen-bond donors (Lipinski definition) is 1. The van der Waals surface area contributed by atoms with Crippen LogP contribution in [0, 0.1) is 0 Å². The largest absolute Gasteiger partial charge is 0.497 e. The Labute approximate surface area is 152 Å². The highest BCUT2D eigenvalue weighted by Crippen LogP contribution is 2.35. The van der Waals surface area contributed by atoms with Crippen LogP contribution in [0.3, 0.4) is 0 Å². The van der Waals surface area contributed by atoms with Gasteiger partial charge in [-0.2, -0.15) is 4.31 Å². The van der Waals surface area contributed by atoms with Crippen LogP contribution in [0.15, 0.2) is 71.1 Å². The smallest absolute Gasteiger partial charge is 0.332 e. The summed E-state index contributed by atoms with van der Waals surface area (Å²) in [6.45, 7) is -0.177. The molecule has 1 aliphatic heterocycles. The molecule has 0 amide bonds. The Morgan fingerprint density at radius 2 is 1.77 bits per heavy atom. The third-order valence-corrected chi connectivity index (χ3v) is 6.26. The summed E-state index contributed by atoms with van der Waals surface area (Å²) in [5.74, 6) is -0.435. The van der Waals surface area contributed by atoms with E-state index < -0.39 is 22.0 Å². The summed E-state index contributed by atoms with van der Waals surface area (Å²) >= 11 is 0. The van der Waals surface area contributed by atoms with Gasteiger partial charge in [-0.15, -0.1) is 0 Å². The van der Waals surface area contributed by atoms with Gasteiger partial charge in [0.15, 0.2) is 0 Å². The van der Waals surface area contributed by atoms with Crippen molar-refractivity contribution >= 4 is 16.0 Å². The first-order valence-electron chi connectivity index (χ1n) is 8.06. The lowest BCUT2D eigenvalue weighted by atomic mass is 9.98. The van der Waals surface area contributed by atoms with Crippen LogP contribution in [0.25, 0.3) is 0 Å². The van der Waals surface area contributed by atoms with E-state index in [9.17, 15) is 18.3 Å². The molecule has 7 heteroatoms. The van der Waals surface area contributed by atoms with E-state index in [1.807, 2.05) is 0 Å². The molecule has 1 atom stereocenters. The van der Waals surface area contributed by atoms with Gasteiger partial charge in [-0.05, 0) is 36.2 Å². The van der Waals surface area contributed by atoms with Gasteiger partial charge in [-0.1, -0.05) is 36.4 Å². The average Bonchev–Trinajstić information content (AvgIpc) is 2.68. The zero-order chi connectivity index (χ0) is 18.7. The number of methoxy groups -OCH3 is 1. The molecular formula is C19H19NO5S. The van der Waals surface area contributed by atoms with Gasteiger partial charge in [0, 0.05) is 12.1 Å². The first-order chi connectivity index (χ1) is 12.4. The van der Waals surface area contributed by atoms with Gasteiger partial charge in [-0.25, -0.2) is 13.2 Å². The van der Waals surface area contributed by atoms with E-state index in [0.717, 1.165) is 5.56 Å². The number of sulfonamides is 1. The summed E-state index contributed by atoms with van der Waals surface area (Å²) in [5.41, 5.74) is 0.861. The Kier molecular flexibility index (Phi) is 5.11. The summed E-state index contributed by atoms with van der Waals surface area (Å²) in [7, 11) is -2.28. The maximum Gasteiger partial charge on any atom is 0.332 e. The van der Waals surface area contributed by atoms with Crippen molar-refractivity contribution in [3.8, 4) is 5.75 Å². The van der Waals surface area contributed by atoms with E-state index in [1.165, 1.54) is 16.4 Å². The minimum atomic E-state index is -3.84. The van der Waals surface area contributed by atoms with Gasteiger partial charge in [0.25, 0.3) is 0 Å². The molecule has 3 rings (SSSR count). The SMILES string of the molecule is COc1ccc(C2CC=C(C(=O)O)CN2S(=O)(=O)c2ccccc2)cc1. The number of benzene rings is 2. The molecule has 1 aliphatic rings. The molecule has 1 N–H and O–H groups in total. The normalized spacial score (nSPS) is 18.2. The third kappa shape index (κ3) is 3.49. The standard InChI is InChI=1S/C19H19NO5S/c1-25-16-10-7-14(8-11-16)18-12-9-15(19(21)22)13-20(18)26(23,24)17-5-3-2-4-6-17/h2-11,18H,12-13H2,1H3,(H,21,22). The zero-order valence-electron chi connectivity index (χ0n) is 14.2. The van der Waals surface area contributed by atoms with E-state index >= 15 is 0 Å². The Hall–Kier alpha value is -2.64. The molecule has 0 bridgehead atoms. The molecular weight excluding hydrogens is 354 g/mol. The molecule has 0 fully saturated rings. The topological polar surface area (TPSA) is 83.9 Å². The third-order valence-electron chi connectivity index (χ3n) is 4.39. The molecule has 2 aromatic carbocycles.